The summed E-state index contributed by atoms with van der Waals surface area (Å²) < 4.78 is 5.47. The molecule has 2 rings (SSSR count). The molecule has 116 valence electrons. The van der Waals surface area contributed by atoms with Gasteiger partial charge >= 0.3 is 0 Å². The lowest BCUT2D eigenvalue weighted by atomic mass is 10.00. The number of benzene rings is 1. The quantitative estimate of drug-likeness (QED) is 0.856. The minimum Gasteiger partial charge on any atom is -0.379 e. The molecular formula is C17H27N3O. The highest BCUT2D eigenvalue weighted by Gasteiger charge is 2.20. The molecule has 0 radical (unpaired) electrons. The van der Waals surface area contributed by atoms with E-state index in [1.807, 2.05) is 0 Å². The molecule has 0 unspecified atom stereocenters. The van der Waals surface area contributed by atoms with Crippen molar-refractivity contribution in [2.45, 2.75) is 59.2 Å². The van der Waals surface area contributed by atoms with E-state index in [0.717, 1.165) is 29.8 Å². The van der Waals surface area contributed by atoms with Gasteiger partial charge < -0.3 is 15.0 Å². The Morgan fingerprint density at radius 1 is 1.29 bits per heavy atom. The first-order valence-corrected chi connectivity index (χ1v) is 7.55. The first-order valence-electron chi connectivity index (χ1n) is 7.55. The molecule has 1 aromatic heterocycles. The van der Waals surface area contributed by atoms with Crippen LogP contribution in [0, 0.1) is 13.8 Å². The number of aromatic amines is 1. The van der Waals surface area contributed by atoms with Crippen molar-refractivity contribution in [2.24, 2.45) is 0 Å². The van der Waals surface area contributed by atoms with Crippen molar-refractivity contribution >= 4 is 11.0 Å². The number of hydrogen-bond donors (Lipinski definition) is 2. The number of aromatic nitrogens is 2. The third-order valence-electron chi connectivity index (χ3n) is 4.11. The first-order chi connectivity index (χ1) is 9.80. The summed E-state index contributed by atoms with van der Waals surface area (Å²) in [5.41, 5.74) is 4.62. The number of nitrogens with zero attached hydrogens (tertiary/aromatic N) is 1. The Hall–Kier alpha value is -1.39. The molecule has 21 heavy (non-hydrogen) atoms. The Kier molecular flexibility index (Phi) is 4.69. The van der Waals surface area contributed by atoms with Gasteiger partial charge in [0.05, 0.1) is 23.2 Å². The van der Waals surface area contributed by atoms with E-state index < -0.39 is 0 Å². The van der Waals surface area contributed by atoms with Crippen molar-refractivity contribution in [1.29, 1.82) is 0 Å². The molecule has 2 aromatic rings. The number of aryl methyl sites for hydroxylation is 2. The first kappa shape index (κ1) is 16.0. The molecule has 0 saturated heterocycles. The van der Waals surface area contributed by atoms with Gasteiger partial charge in [-0.05, 0) is 64.3 Å². The standard InChI is InChI=1S/C17H27N3O/c1-11-7-14-15(8-12(11)2)20-16(19-14)10-18-13(3)9-17(4,5)21-6/h7-8,13,18H,9-10H2,1-6H3,(H,19,20)/t13-/m1/s1. The number of H-pyrrole nitrogens is 1. The minimum absolute atomic E-state index is 0.103. The van der Waals surface area contributed by atoms with Gasteiger partial charge in [0.2, 0.25) is 0 Å². The summed E-state index contributed by atoms with van der Waals surface area (Å²) in [6.07, 6.45) is 0.960. The normalized spacial score (nSPS) is 13.8. The second-order valence-electron chi connectivity index (χ2n) is 6.59. The van der Waals surface area contributed by atoms with Crippen molar-refractivity contribution in [3.8, 4) is 0 Å². The Labute approximate surface area is 127 Å². The summed E-state index contributed by atoms with van der Waals surface area (Å²) in [5.74, 6) is 0.983. The summed E-state index contributed by atoms with van der Waals surface area (Å²) >= 11 is 0. The van der Waals surface area contributed by atoms with E-state index in [9.17, 15) is 0 Å². The van der Waals surface area contributed by atoms with Crippen LogP contribution < -0.4 is 5.32 Å². The number of rotatable bonds is 6. The number of hydrogen-bond acceptors (Lipinski definition) is 3. The third-order valence-corrected chi connectivity index (χ3v) is 4.11. The molecule has 1 heterocycles. The molecule has 4 nitrogen and oxygen atoms in total. The van der Waals surface area contributed by atoms with Crippen LogP contribution in [0.3, 0.4) is 0 Å². The van der Waals surface area contributed by atoms with Crippen LogP contribution >= 0.6 is 0 Å². The Balaban J connectivity index is 2.00. The van der Waals surface area contributed by atoms with Crippen molar-refractivity contribution in [3.05, 3.63) is 29.1 Å². The van der Waals surface area contributed by atoms with Crippen molar-refractivity contribution < 1.29 is 4.74 Å². The number of nitrogens with one attached hydrogen (secondary N) is 2. The van der Waals surface area contributed by atoms with Gasteiger partial charge in [-0.1, -0.05) is 0 Å². The van der Waals surface area contributed by atoms with Gasteiger partial charge in [-0.2, -0.15) is 0 Å². The summed E-state index contributed by atoms with van der Waals surface area (Å²) in [5, 5.41) is 3.51. The molecule has 0 spiro atoms. The number of imidazole rings is 1. The average Bonchev–Trinajstić information content (AvgIpc) is 2.78. The summed E-state index contributed by atoms with van der Waals surface area (Å²) in [6.45, 7) is 11.4. The molecule has 0 saturated carbocycles. The molecule has 0 aliphatic heterocycles. The predicted octanol–water partition coefficient (Wildman–Crippen LogP) is 3.47. The van der Waals surface area contributed by atoms with E-state index in [1.54, 1.807) is 7.11 Å². The maximum absolute atomic E-state index is 5.47. The maximum atomic E-state index is 5.47. The molecule has 1 atom stereocenters. The minimum atomic E-state index is -0.103. The van der Waals surface area contributed by atoms with Crippen LogP contribution in [0.25, 0.3) is 11.0 Å². The van der Waals surface area contributed by atoms with Crippen molar-refractivity contribution in [2.75, 3.05) is 7.11 Å². The molecule has 0 amide bonds. The lowest BCUT2D eigenvalue weighted by Crippen LogP contribution is -2.35. The summed E-state index contributed by atoms with van der Waals surface area (Å²) in [7, 11) is 1.76. The highest BCUT2D eigenvalue weighted by Crippen LogP contribution is 2.18. The van der Waals surface area contributed by atoms with Gasteiger partial charge in [0.15, 0.2) is 0 Å². The fourth-order valence-electron chi connectivity index (χ4n) is 2.57. The zero-order chi connectivity index (χ0) is 15.6. The smallest absolute Gasteiger partial charge is 0.121 e. The fourth-order valence-corrected chi connectivity index (χ4v) is 2.57. The highest BCUT2D eigenvalue weighted by molar-refractivity contribution is 5.77. The van der Waals surface area contributed by atoms with Crippen LogP contribution in [-0.2, 0) is 11.3 Å². The fraction of sp³-hybridized carbons (Fsp3) is 0.588. The van der Waals surface area contributed by atoms with Gasteiger partial charge in [-0.3, -0.25) is 0 Å². The Morgan fingerprint density at radius 3 is 2.62 bits per heavy atom. The van der Waals surface area contributed by atoms with Crippen LogP contribution in [0.4, 0.5) is 0 Å². The van der Waals surface area contributed by atoms with Gasteiger partial charge in [0, 0.05) is 13.2 Å². The maximum Gasteiger partial charge on any atom is 0.121 e. The van der Waals surface area contributed by atoms with Crippen LogP contribution in [-0.4, -0.2) is 28.7 Å². The molecule has 2 N–H and O–H groups in total. The monoisotopic (exact) mass is 289 g/mol. The van der Waals surface area contributed by atoms with Crippen molar-refractivity contribution in [3.63, 3.8) is 0 Å². The van der Waals surface area contributed by atoms with Crippen LogP contribution in [0.15, 0.2) is 12.1 Å². The zero-order valence-corrected chi connectivity index (χ0v) is 14.0. The number of ether oxygens (including phenoxy) is 1. The lowest BCUT2D eigenvalue weighted by Gasteiger charge is -2.26. The van der Waals surface area contributed by atoms with Gasteiger partial charge in [0.25, 0.3) is 0 Å². The van der Waals surface area contributed by atoms with Crippen molar-refractivity contribution in [1.82, 2.24) is 15.3 Å². The van der Waals surface area contributed by atoms with Crippen LogP contribution in [0.1, 0.15) is 44.1 Å². The Morgan fingerprint density at radius 2 is 1.95 bits per heavy atom. The average molecular weight is 289 g/mol. The molecule has 4 heteroatoms. The van der Waals surface area contributed by atoms with Gasteiger partial charge in [-0.25, -0.2) is 4.98 Å². The summed E-state index contributed by atoms with van der Waals surface area (Å²) in [4.78, 5) is 8.04. The van der Waals surface area contributed by atoms with E-state index in [1.165, 1.54) is 11.1 Å². The van der Waals surface area contributed by atoms with E-state index in [2.05, 4.69) is 62.0 Å². The van der Waals surface area contributed by atoms with Crippen LogP contribution in [0.5, 0.6) is 0 Å². The SMILES string of the molecule is COC(C)(C)C[C@@H](C)NCc1nc2cc(C)c(C)cc2[nH]1. The molecule has 1 aromatic carbocycles. The van der Waals surface area contributed by atoms with E-state index in [4.69, 9.17) is 4.74 Å². The lowest BCUT2D eigenvalue weighted by molar-refractivity contribution is 0.00840. The Bertz CT molecular complexity index is 577. The number of fused-ring (bicyclic) bond motifs is 1. The van der Waals surface area contributed by atoms with E-state index in [0.29, 0.717) is 6.04 Å². The molecule has 0 fully saturated rings. The van der Waals surface area contributed by atoms with Crippen LogP contribution in [0.2, 0.25) is 0 Å². The second kappa shape index (κ2) is 6.16. The molecule has 0 aliphatic rings. The largest absolute Gasteiger partial charge is 0.379 e. The second-order valence-corrected chi connectivity index (χ2v) is 6.59. The molecular weight excluding hydrogens is 262 g/mol. The molecule has 0 bridgehead atoms. The van der Waals surface area contributed by atoms with E-state index in [-0.39, 0.29) is 5.60 Å². The number of methoxy groups -OCH3 is 1. The van der Waals surface area contributed by atoms with Gasteiger partial charge in [-0.15, -0.1) is 0 Å². The summed E-state index contributed by atoms with van der Waals surface area (Å²) in [6, 6.07) is 4.68. The van der Waals surface area contributed by atoms with E-state index >= 15 is 0 Å². The topological polar surface area (TPSA) is 49.9 Å². The highest BCUT2D eigenvalue weighted by atomic mass is 16.5. The predicted molar refractivity (Wildman–Crippen MR) is 87.6 cm³/mol. The van der Waals surface area contributed by atoms with Gasteiger partial charge in [0.1, 0.15) is 5.82 Å². The zero-order valence-electron chi connectivity index (χ0n) is 14.0. The third kappa shape index (κ3) is 4.05. The molecule has 0 aliphatic carbocycles.